The molecular formula is C13H15N3O3. The van der Waals surface area contributed by atoms with E-state index in [0.717, 1.165) is 15.7 Å². The number of aliphatic hydroxyl groups excluding tert-OH is 1. The van der Waals surface area contributed by atoms with E-state index in [9.17, 15) is 14.7 Å². The van der Waals surface area contributed by atoms with Crippen molar-refractivity contribution >= 4 is 11.5 Å². The Labute approximate surface area is 109 Å². The summed E-state index contributed by atoms with van der Waals surface area (Å²) in [7, 11) is 1.40. The molecule has 2 rings (SSSR count). The van der Waals surface area contributed by atoms with E-state index in [-0.39, 0.29) is 12.2 Å². The third-order valence-electron chi connectivity index (χ3n) is 2.94. The van der Waals surface area contributed by atoms with Crippen LogP contribution in [0.2, 0.25) is 0 Å². The van der Waals surface area contributed by atoms with Crippen LogP contribution in [0.3, 0.4) is 0 Å². The highest BCUT2D eigenvalue weighted by Gasteiger charge is 2.03. The summed E-state index contributed by atoms with van der Waals surface area (Å²) in [5.74, 6) is 0.320. The van der Waals surface area contributed by atoms with Gasteiger partial charge in [0.15, 0.2) is 0 Å². The van der Waals surface area contributed by atoms with Crippen LogP contribution in [0.4, 0.5) is 11.5 Å². The van der Waals surface area contributed by atoms with Crippen LogP contribution in [0, 0.1) is 6.92 Å². The number of aryl methyl sites for hydroxylation is 1. The summed E-state index contributed by atoms with van der Waals surface area (Å²) in [6, 6.07) is 6.74. The molecule has 0 fully saturated rings. The fourth-order valence-corrected chi connectivity index (χ4v) is 1.70. The monoisotopic (exact) mass is 261 g/mol. The first kappa shape index (κ1) is 13.1. The van der Waals surface area contributed by atoms with E-state index in [1.54, 1.807) is 6.07 Å². The van der Waals surface area contributed by atoms with Gasteiger partial charge in [-0.15, -0.1) is 0 Å². The van der Waals surface area contributed by atoms with Gasteiger partial charge in [-0.05, 0) is 30.2 Å². The molecule has 100 valence electrons. The topological polar surface area (TPSA) is 87.1 Å². The number of nitrogens with zero attached hydrogens (tertiary/aromatic N) is 1. The highest BCUT2D eigenvalue weighted by molar-refractivity contribution is 5.57. The van der Waals surface area contributed by atoms with Gasteiger partial charge in [0.2, 0.25) is 0 Å². The van der Waals surface area contributed by atoms with Gasteiger partial charge < -0.3 is 10.4 Å². The molecule has 0 aliphatic carbocycles. The quantitative estimate of drug-likeness (QED) is 0.755. The Balaban J connectivity index is 2.36. The number of hydrogen-bond acceptors (Lipinski definition) is 4. The first-order valence-electron chi connectivity index (χ1n) is 5.79. The Morgan fingerprint density at radius 1 is 1.32 bits per heavy atom. The summed E-state index contributed by atoms with van der Waals surface area (Å²) in [6.07, 6.45) is 0. The molecular weight excluding hydrogens is 246 g/mol. The number of H-pyrrole nitrogens is 1. The number of anilines is 2. The molecule has 0 amide bonds. The molecule has 6 heteroatoms. The molecule has 0 saturated carbocycles. The summed E-state index contributed by atoms with van der Waals surface area (Å²) in [5, 5.41) is 12.1. The van der Waals surface area contributed by atoms with Crippen molar-refractivity contribution in [2.75, 3.05) is 5.32 Å². The predicted molar refractivity (Wildman–Crippen MR) is 72.7 cm³/mol. The van der Waals surface area contributed by atoms with Gasteiger partial charge in [0.05, 0.1) is 6.61 Å². The van der Waals surface area contributed by atoms with Crippen molar-refractivity contribution in [3.05, 3.63) is 56.2 Å². The van der Waals surface area contributed by atoms with Crippen LogP contribution >= 0.6 is 0 Å². The third-order valence-corrected chi connectivity index (χ3v) is 2.94. The molecule has 19 heavy (non-hydrogen) atoms. The second kappa shape index (κ2) is 5.11. The Bertz CT molecular complexity index is 685. The van der Waals surface area contributed by atoms with E-state index in [2.05, 4.69) is 10.3 Å². The minimum Gasteiger partial charge on any atom is -0.392 e. The van der Waals surface area contributed by atoms with Crippen LogP contribution in [-0.4, -0.2) is 14.7 Å². The molecule has 3 N–H and O–H groups in total. The second-order valence-corrected chi connectivity index (χ2v) is 4.31. The number of aromatic amines is 1. The number of nitrogens with one attached hydrogen (secondary N) is 2. The van der Waals surface area contributed by atoms with Crippen molar-refractivity contribution in [1.29, 1.82) is 0 Å². The van der Waals surface area contributed by atoms with Gasteiger partial charge in [-0.25, -0.2) is 4.79 Å². The lowest BCUT2D eigenvalue weighted by atomic mass is 10.1. The van der Waals surface area contributed by atoms with Gasteiger partial charge in [0.1, 0.15) is 5.82 Å². The number of aromatic nitrogens is 2. The van der Waals surface area contributed by atoms with E-state index < -0.39 is 5.69 Å². The number of benzene rings is 1. The minimum absolute atomic E-state index is 0.0611. The molecule has 1 aromatic heterocycles. The van der Waals surface area contributed by atoms with Gasteiger partial charge >= 0.3 is 5.69 Å². The second-order valence-electron chi connectivity index (χ2n) is 4.31. The largest absolute Gasteiger partial charge is 0.392 e. The standard InChI is InChI=1S/C13H15N3O3/c1-8-3-4-10(5-9(8)7-17)14-11-6-12(18)16(2)13(19)15-11/h3-6,14,17H,7H2,1-2H3,(H,15,19). The molecule has 0 aliphatic rings. The highest BCUT2D eigenvalue weighted by Crippen LogP contribution is 2.17. The van der Waals surface area contributed by atoms with Crippen LogP contribution in [0.25, 0.3) is 0 Å². The minimum atomic E-state index is -0.482. The van der Waals surface area contributed by atoms with Crippen LogP contribution in [0.5, 0.6) is 0 Å². The van der Waals surface area contributed by atoms with E-state index in [4.69, 9.17) is 0 Å². The van der Waals surface area contributed by atoms with Gasteiger partial charge in [-0.2, -0.15) is 0 Å². The zero-order valence-corrected chi connectivity index (χ0v) is 10.7. The fraction of sp³-hybridized carbons (Fsp3) is 0.231. The normalized spacial score (nSPS) is 10.5. The van der Waals surface area contributed by atoms with Gasteiger partial charge in [0, 0.05) is 18.8 Å². The maximum atomic E-state index is 11.5. The fourth-order valence-electron chi connectivity index (χ4n) is 1.70. The molecule has 0 bridgehead atoms. The number of aliphatic hydroxyl groups is 1. The molecule has 0 aliphatic heterocycles. The lowest BCUT2D eigenvalue weighted by Crippen LogP contribution is -2.32. The zero-order chi connectivity index (χ0) is 14.0. The first-order valence-corrected chi connectivity index (χ1v) is 5.79. The SMILES string of the molecule is Cc1ccc(Nc2cc(=O)n(C)c(=O)[nH]2)cc1CO. The molecule has 0 atom stereocenters. The van der Waals surface area contributed by atoms with Crippen molar-refractivity contribution in [3.63, 3.8) is 0 Å². The van der Waals surface area contributed by atoms with Crippen molar-refractivity contribution in [2.45, 2.75) is 13.5 Å². The van der Waals surface area contributed by atoms with Gasteiger partial charge in [0.25, 0.3) is 5.56 Å². The zero-order valence-electron chi connectivity index (χ0n) is 10.7. The summed E-state index contributed by atoms with van der Waals surface area (Å²) in [4.78, 5) is 25.5. The summed E-state index contributed by atoms with van der Waals surface area (Å²) in [5.41, 5.74) is 1.59. The van der Waals surface area contributed by atoms with Gasteiger partial charge in [-0.1, -0.05) is 6.07 Å². The third kappa shape index (κ3) is 2.74. The van der Waals surface area contributed by atoms with E-state index in [0.29, 0.717) is 11.5 Å². The van der Waals surface area contributed by atoms with Crippen LogP contribution in [0.15, 0.2) is 33.9 Å². The lowest BCUT2D eigenvalue weighted by molar-refractivity contribution is 0.281. The molecule has 1 aromatic carbocycles. The maximum absolute atomic E-state index is 11.5. The summed E-state index contributed by atoms with van der Waals surface area (Å²) < 4.78 is 0.986. The van der Waals surface area contributed by atoms with Crippen LogP contribution in [-0.2, 0) is 13.7 Å². The first-order chi connectivity index (χ1) is 9.01. The molecule has 1 heterocycles. The Kier molecular flexibility index (Phi) is 3.52. The van der Waals surface area contributed by atoms with Crippen LogP contribution in [0.1, 0.15) is 11.1 Å². The van der Waals surface area contributed by atoms with Crippen molar-refractivity contribution < 1.29 is 5.11 Å². The Morgan fingerprint density at radius 3 is 2.68 bits per heavy atom. The Hall–Kier alpha value is -2.34. The average Bonchev–Trinajstić information content (AvgIpc) is 2.38. The van der Waals surface area contributed by atoms with Crippen molar-refractivity contribution in [1.82, 2.24) is 9.55 Å². The van der Waals surface area contributed by atoms with E-state index in [1.807, 2.05) is 19.1 Å². The van der Waals surface area contributed by atoms with Crippen molar-refractivity contribution in [3.8, 4) is 0 Å². The Morgan fingerprint density at radius 2 is 2.05 bits per heavy atom. The number of rotatable bonds is 3. The molecule has 6 nitrogen and oxygen atoms in total. The lowest BCUT2D eigenvalue weighted by Gasteiger charge is -2.09. The summed E-state index contributed by atoms with van der Waals surface area (Å²) in [6.45, 7) is 1.84. The molecule has 0 saturated heterocycles. The smallest absolute Gasteiger partial charge is 0.329 e. The molecule has 0 radical (unpaired) electrons. The van der Waals surface area contributed by atoms with Crippen molar-refractivity contribution in [2.24, 2.45) is 7.05 Å². The van der Waals surface area contributed by atoms with E-state index in [1.165, 1.54) is 13.1 Å². The summed E-state index contributed by atoms with van der Waals surface area (Å²) >= 11 is 0. The predicted octanol–water partition coefficient (Wildman–Crippen LogP) is 0.618. The van der Waals surface area contributed by atoms with E-state index >= 15 is 0 Å². The van der Waals surface area contributed by atoms with Crippen LogP contribution < -0.4 is 16.6 Å². The number of hydrogen-bond donors (Lipinski definition) is 3. The highest BCUT2D eigenvalue weighted by atomic mass is 16.3. The molecule has 2 aromatic rings. The maximum Gasteiger partial charge on any atom is 0.329 e. The average molecular weight is 261 g/mol. The van der Waals surface area contributed by atoms with Gasteiger partial charge in [-0.3, -0.25) is 14.3 Å². The molecule has 0 spiro atoms. The molecule has 0 unspecified atom stereocenters.